The van der Waals surface area contributed by atoms with Gasteiger partial charge in [-0.1, -0.05) is 18.2 Å². The fourth-order valence-corrected chi connectivity index (χ4v) is 4.72. The van der Waals surface area contributed by atoms with Crippen LogP contribution in [-0.2, 0) is 11.3 Å². The largest absolute Gasteiger partial charge is 0.398 e. The third-order valence-corrected chi connectivity index (χ3v) is 6.56. The number of ether oxygens (including phenoxy) is 1. The number of benzene rings is 2. The molecule has 6 heteroatoms. The summed E-state index contributed by atoms with van der Waals surface area (Å²) in [5.74, 6) is 0.607. The number of hydrogen-bond donors (Lipinski definition) is 1. The molecule has 0 saturated carbocycles. The molecule has 2 aromatic carbocycles. The Morgan fingerprint density at radius 1 is 1.15 bits per heavy atom. The number of fused-ring (bicyclic) bond motifs is 1. The van der Waals surface area contributed by atoms with E-state index in [0.29, 0.717) is 17.2 Å². The molecule has 0 aliphatic carbocycles. The number of nitrogens with zero attached hydrogens (tertiary/aromatic N) is 4. The summed E-state index contributed by atoms with van der Waals surface area (Å²) in [6.07, 6.45) is 8.07. The molecule has 1 aliphatic rings. The van der Waals surface area contributed by atoms with Gasteiger partial charge in [0.15, 0.2) is 0 Å². The van der Waals surface area contributed by atoms with Gasteiger partial charge in [-0.15, -0.1) is 0 Å². The average molecular weight is 450 g/mol. The number of nitrogens with two attached hydrogens (primary N) is 1. The van der Waals surface area contributed by atoms with Crippen LogP contribution in [-0.4, -0.2) is 36.0 Å². The zero-order valence-corrected chi connectivity index (χ0v) is 19.2. The molecule has 1 aliphatic heterocycles. The summed E-state index contributed by atoms with van der Waals surface area (Å²) in [6.45, 7) is 2.63. The highest BCUT2D eigenvalue weighted by molar-refractivity contribution is 6.02. The van der Waals surface area contributed by atoms with Crippen LogP contribution in [0.2, 0.25) is 0 Å². The van der Waals surface area contributed by atoms with E-state index in [2.05, 4.69) is 27.9 Å². The quantitative estimate of drug-likeness (QED) is 0.331. The number of hydrogen-bond acceptors (Lipinski definition) is 5. The predicted molar refractivity (Wildman–Crippen MR) is 137 cm³/mol. The summed E-state index contributed by atoms with van der Waals surface area (Å²) < 4.78 is 7.85. The molecule has 0 radical (unpaired) electrons. The highest BCUT2D eigenvalue weighted by atomic mass is 16.5. The molecular formula is C28H27N5O. The Morgan fingerprint density at radius 2 is 1.91 bits per heavy atom. The molecule has 0 bridgehead atoms. The fraction of sp³-hybridized carbons (Fsp3) is 0.250. The Kier molecular flexibility index (Phi) is 6.11. The van der Waals surface area contributed by atoms with E-state index >= 15 is 0 Å². The lowest BCUT2D eigenvalue weighted by molar-refractivity contribution is 0.0616. The standard InChI is InChI=1S/C28H27N5O/c1-31-16-23-14-22(6-7-25(23)30)28-27(21-4-2-19(15-29)3-5-21)24-8-11-33(26(24)17-32-28)18-20-9-12-34-13-10-20/h2-8,11,14,16-17,20H,9-10,12-13,18,30H2,1H3. The van der Waals surface area contributed by atoms with Crippen molar-refractivity contribution in [1.29, 1.82) is 5.26 Å². The molecule has 34 heavy (non-hydrogen) atoms. The van der Waals surface area contributed by atoms with E-state index < -0.39 is 0 Å². The minimum Gasteiger partial charge on any atom is -0.398 e. The molecule has 170 valence electrons. The number of aliphatic imine (C=N–C) groups is 1. The minimum absolute atomic E-state index is 0.607. The van der Waals surface area contributed by atoms with Gasteiger partial charge in [-0.25, -0.2) is 0 Å². The van der Waals surface area contributed by atoms with Crippen LogP contribution in [0.3, 0.4) is 0 Å². The number of aromatic nitrogens is 2. The molecule has 1 fully saturated rings. The maximum Gasteiger partial charge on any atom is 0.0991 e. The van der Waals surface area contributed by atoms with Crippen molar-refractivity contribution in [3.8, 4) is 28.5 Å². The Labute approximate surface area is 199 Å². The number of pyridine rings is 1. The van der Waals surface area contributed by atoms with Crippen LogP contribution in [0.15, 0.2) is 65.9 Å². The van der Waals surface area contributed by atoms with Crippen LogP contribution in [0.1, 0.15) is 24.0 Å². The maximum absolute atomic E-state index is 9.27. The lowest BCUT2D eigenvalue weighted by atomic mass is 9.94. The third-order valence-electron chi connectivity index (χ3n) is 6.56. The molecule has 0 atom stereocenters. The van der Waals surface area contributed by atoms with E-state index in [-0.39, 0.29) is 0 Å². The highest BCUT2D eigenvalue weighted by Crippen LogP contribution is 2.38. The van der Waals surface area contributed by atoms with Gasteiger partial charge in [0.1, 0.15) is 0 Å². The molecule has 0 amide bonds. The van der Waals surface area contributed by atoms with E-state index in [9.17, 15) is 5.26 Å². The predicted octanol–water partition coefficient (Wildman–Crippen LogP) is 5.30. The van der Waals surface area contributed by atoms with E-state index in [1.165, 1.54) is 0 Å². The number of nitriles is 1. The van der Waals surface area contributed by atoms with Crippen molar-refractivity contribution in [2.75, 3.05) is 26.0 Å². The maximum atomic E-state index is 9.27. The monoisotopic (exact) mass is 449 g/mol. The zero-order valence-electron chi connectivity index (χ0n) is 19.2. The number of rotatable bonds is 5. The smallest absolute Gasteiger partial charge is 0.0991 e. The van der Waals surface area contributed by atoms with Crippen molar-refractivity contribution in [3.05, 3.63) is 72.1 Å². The number of anilines is 1. The van der Waals surface area contributed by atoms with Crippen LogP contribution >= 0.6 is 0 Å². The summed E-state index contributed by atoms with van der Waals surface area (Å²) in [5, 5.41) is 10.4. The molecule has 0 spiro atoms. The van der Waals surface area contributed by atoms with Gasteiger partial charge in [-0.05, 0) is 54.7 Å². The molecule has 4 aromatic rings. The van der Waals surface area contributed by atoms with Gasteiger partial charge in [0.2, 0.25) is 0 Å². The van der Waals surface area contributed by atoms with Crippen molar-refractivity contribution in [3.63, 3.8) is 0 Å². The van der Waals surface area contributed by atoms with Gasteiger partial charge in [0.05, 0.1) is 29.0 Å². The lowest BCUT2D eigenvalue weighted by Gasteiger charge is -2.23. The van der Waals surface area contributed by atoms with Gasteiger partial charge < -0.3 is 15.0 Å². The van der Waals surface area contributed by atoms with Crippen LogP contribution in [0.4, 0.5) is 5.69 Å². The van der Waals surface area contributed by atoms with Gasteiger partial charge >= 0.3 is 0 Å². The first-order valence-corrected chi connectivity index (χ1v) is 11.6. The Hall–Kier alpha value is -3.95. The first-order valence-electron chi connectivity index (χ1n) is 11.6. The second-order valence-electron chi connectivity index (χ2n) is 8.72. The van der Waals surface area contributed by atoms with E-state index in [1.54, 1.807) is 13.3 Å². The van der Waals surface area contributed by atoms with Crippen molar-refractivity contribution >= 4 is 22.8 Å². The van der Waals surface area contributed by atoms with Crippen molar-refractivity contribution in [2.24, 2.45) is 10.9 Å². The molecule has 6 nitrogen and oxygen atoms in total. The van der Waals surface area contributed by atoms with Crippen LogP contribution in [0, 0.1) is 17.2 Å². The minimum atomic E-state index is 0.607. The van der Waals surface area contributed by atoms with Crippen LogP contribution in [0.5, 0.6) is 0 Å². The second-order valence-corrected chi connectivity index (χ2v) is 8.72. The molecule has 5 rings (SSSR count). The van der Waals surface area contributed by atoms with Gasteiger partial charge in [0.25, 0.3) is 0 Å². The summed E-state index contributed by atoms with van der Waals surface area (Å²) in [7, 11) is 1.74. The first kappa shape index (κ1) is 21.9. The molecule has 0 unspecified atom stereocenters. The molecule has 3 heterocycles. The summed E-state index contributed by atoms with van der Waals surface area (Å²) in [4.78, 5) is 9.10. The highest BCUT2D eigenvalue weighted by Gasteiger charge is 2.19. The molecular weight excluding hydrogens is 422 g/mol. The summed E-state index contributed by atoms with van der Waals surface area (Å²) >= 11 is 0. The van der Waals surface area contributed by atoms with Crippen LogP contribution in [0.25, 0.3) is 33.3 Å². The van der Waals surface area contributed by atoms with E-state index in [0.717, 1.165) is 71.5 Å². The van der Waals surface area contributed by atoms with Crippen LogP contribution < -0.4 is 5.73 Å². The second kappa shape index (κ2) is 9.50. The Balaban J connectivity index is 1.67. The molecule has 2 N–H and O–H groups in total. The zero-order chi connectivity index (χ0) is 23.5. The van der Waals surface area contributed by atoms with Gasteiger partial charge in [-0.3, -0.25) is 9.98 Å². The molecule has 2 aromatic heterocycles. The van der Waals surface area contributed by atoms with Gasteiger partial charge in [0, 0.05) is 67.0 Å². The lowest BCUT2D eigenvalue weighted by Crippen LogP contribution is -2.20. The SMILES string of the molecule is CN=Cc1cc(-c2ncc3c(ccn3CC3CCOCC3)c2-c2ccc(C#N)cc2)ccc1N. The van der Waals surface area contributed by atoms with Gasteiger partial charge in [-0.2, -0.15) is 5.26 Å². The third kappa shape index (κ3) is 4.18. The van der Waals surface area contributed by atoms with Crippen molar-refractivity contribution < 1.29 is 4.74 Å². The van der Waals surface area contributed by atoms with E-state index in [1.807, 2.05) is 48.7 Å². The number of nitrogen functional groups attached to an aromatic ring is 1. The fourth-order valence-electron chi connectivity index (χ4n) is 4.72. The van der Waals surface area contributed by atoms with E-state index in [4.69, 9.17) is 15.5 Å². The topological polar surface area (TPSA) is 89.2 Å². The van der Waals surface area contributed by atoms with Crippen molar-refractivity contribution in [2.45, 2.75) is 19.4 Å². The normalized spacial score (nSPS) is 14.6. The average Bonchev–Trinajstić information content (AvgIpc) is 3.28. The first-order chi connectivity index (χ1) is 16.7. The molecule has 1 saturated heterocycles. The van der Waals surface area contributed by atoms with Crippen molar-refractivity contribution in [1.82, 2.24) is 9.55 Å². The summed E-state index contributed by atoms with van der Waals surface area (Å²) in [6, 6.07) is 18.0. The summed E-state index contributed by atoms with van der Waals surface area (Å²) in [5.41, 5.74) is 13.4. The Bertz CT molecular complexity index is 1390. The Morgan fingerprint density at radius 3 is 2.65 bits per heavy atom.